The number of hydrogen-bond acceptors (Lipinski definition) is 20. The third-order valence-electron chi connectivity index (χ3n) is 18.9. The van der Waals surface area contributed by atoms with Gasteiger partial charge in [-0.1, -0.05) is 127 Å². The topological polar surface area (TPSA) is 292 Å². The summed E-state index contributed by atoms with van der Waals surface area (Å²) in [6.45, 7) is 23.5. The number of ketones is 2. The maximum atomic E-state index is 12.6. The van der Waals surface area contributed by atoms with Crippen LogP contribution in [0.3, 0.4) is 0 Å². The average molecular weight is 1450 g/mol. The van der Waals surface area contributed by atoms with Gasteiger partial charge in [0.2, 0.25) is 11.6 Å². The lowest BCUT2D eigenvalue weighted by molar-refractivity contribution is -0.118. The van der Waals surface area contributed by atoms with E-state index in [-0.39, 0.29) is 42.9 Å². The van der Waals surface area contributed by atoms with Crippen LogP contribution in [0.25, 0.3) is 50.9 Å². The number of carbonyl (C=O) groups excluding carboxylic acids is 5. The van der Waals surface area contributed by atoms with Crippen molar-refractivity contribution in [1.82, 2.24) is 75.7 Å². The molecule has 26 heteroatoms. The van der Waals surface area contributed by atoms with Gasteiger partial charge >= 0.3 is 18.3 Å². The Morgan fingerprint density at radius 1 is 0.421 bits per heavy atom. The van der Waals surface area contributed by atoms with E-state index in [1.165, 1.54) is 23.3 Å². The minimum Gasteiger partial charge on any atom is -0.482 e. The number of para-hydroxylation sites is 3. The van der Waals surface area contributed by atoms with Crippen molar-refractivity contribution in [3.05, 3.63) is 197 Å². The molecule has 26 nitrogen and oxygen atoms in total. The molecule has 3 spiro atoms. The summed E-state index contributed by atoms with van der Waals surface area (Å²) in [7, 11) is 0. The van der Waals surface area contributed by atoms with Gasteiger partial charge in [0.1, 0.15) is 63.9 Å². The Morgan fingerprint density at radius 2 is 0.766 bits per heavy atom. The van der Waals surface area contributed by atoms with Gasteiger partial charge in [-0.05, 0) is 167 Å². The highest BCUT2D eigenvalue weighted by Gasteiger charge is 2.44. The van der Waals surface area contributed by atoms with Crippen molar-refractivity contribution in [3.63, 3.8) is 0 Å². The lowest BCUT2D eigenvalue weighted by Crippen LogP contribution is -2.50. The molecule has 107 heavy (non-hydrogen) atoms. The number of H-pyrrole nitrogens is 1. The van der Waals surface area contributed by atoms with Gasteiger partial charge in [0.05, 0.1) is 0 Å². The molecule has 0 aliphatic carbocycles. The molecule has 0 unspecified atom stereocenters. The maximum absolute atomic E-state index is 12.6. The van der Waals surface area contributed by atoms with E-state index in [0.717, 1.165) is 84.0 Å². The summed E-state index contributed by atoms with van der Waals surface area (Å²) in [5.41, 5.74) is 9.11. The molecule has 6 aliphatic heterocycles. The van der Waals surface area contributed by atoms with E-state index in [2.05, 4.69) is 100 Å². The van der Waals surface area contributed by atoms with Gasteiger partial charge in [-0.15, -0.1) is 25.5 Å². The molecule has 1 N–H and O–H groups in total. The number of hydrogen-bond donors (Lipinski definition) is 1. The molecule has 0 atom stereocenters. The highest BCUT2D eigenvalue weighted by atomic mass is 16.6. The smallest absolute Gasteiger partial charge is 0.410 e. The molecule has 0 radical (unpaired) electrons. The predicted molar refractivity (Wildman–Crippen MR) is 399 cm³/mol. The van der Waals surface area contributed by atoms with Gasteiger partial charge in [-0.25, -0.2) is 19.1 Å². The van der Waals surface area contributed by atoms with Crippen LogP contribution < -0.4 is 14.2 Å². The molecule has 0 bridgehead atoms. The molecular weight excluding hydrogens is 1360 g/mol. The van der Waals surface area contributed by atoms with Crippen LogP contribution in [0.5, 0.6) is 17.2 Å². The fourth-order valence-electron chi connectivity index (χ4n) is 13.8. The van der Waals surface area contributed by atoms with Gasteiger partial charge in [-0.3, -0.25) is 9.59 Å². The third-order valence-corrected chi connectivity index (χ3v) is 18.9. The van der Waals surface area contributed by atoms with E-state index in [4.69, 9.17) is 28.4 Å². The Labute approximate surface area is 621 Å². The van der Waals surface area contributed by atoms with Gasteiger partial charge < -0.3 is 43.1 Å². The number of amides is 3. The van der Waals surface area contributed by atoms with Crippen LogP contribution in [0.1, 0.15) is 148 Å². The van der Waals surface area contributed by atoms with Crippen LogP contribution in [0, 0.1) is 0 Å². The summed E-state index contributed by atoms with van der Waals surface area (Å²) < 4.78 is 37.8. The Kier molecular flexibility index (Phi) is 20.7. The third kappa shape index (κ3) is 17.5. The van der Waals surface area contributed by atoms with Crippen LogP contribution in [0.2, 0.25) is 0 Å². The van der Waals surface area contributed by atoms with E-state index in [1.54, 1.807) is 14.7 Å². The number of piperidine rings is 3. The zero-order valence-corrected chi connectivity index (χ0v) is 62.2. The number of aromatic amines is 1. The van der Waals surface area contributed by atoms with Crippen LogP contribution in [0.4, 0.5) is 14.4 Å². The largest absolute Gasteiger partial charge is 0.482 e. The Bertz CT molecular complexity index is 4820. The number of rotatable bonds is 10. The van der Waals surface area contributed by atoms with E-state index in [9.17, 15) is 24.0 Å². The number of Topliss-reactive ketones (excluding diaryl/α,β-unsaturated/α-hetero) is 2. The SMILES string of the molecule is CC(=O)Cn1nnc(-c2ccc(C3=CC4(CCN(C(=O)OC(C)(C)C)CC4)Oc4ccccc43)cc2)n1.CC(=O)Cn1nnnc1-c1ccc(C2=CC3(CCN(C(=O)OC(C)(C)C)CC3)Oc3ccccc32)cc1.CC(C)(C)OC(=O)N1CCC2(C=C(c3ccc(-c4nn[nH]n4)cc3)c3ccccc3O2)CC1. The molecule has 554 valence electrons. The van der Waals surface area contributed by atoms with Crippen molar-refractivity contribution >= 4 is 46.6 Å². The summed E-state index contributed by atoms with van der Waals surface area (Å²) in [4.78, 5) is 67.2. The fourth-order valence-corrected chi connectivity index (χ4v) is 13.8. The number of benzene rings is 6. The van der Waals surface area contributed by atoms with Gasteiger partial charge in [0.25, 0.3) is 0 Å². The minimum atomic E-state index is -0.527. The number of likely N-dealkylation sites (tertiary alicyclic amines) is 3. The summed E-state index contributed by atoms with van der Waals surface area (Å²) >= 11 is 0. The van der Waals surface area contributed by atoms with Crippen molar-refractivity contribution in [3.8, 4) is 51.4 Å². The standard InChI is InChI=1S/2C28H31N5O4.C25H27N5O3/c1-19(34)18-33-25(29-30-31-33)21-11-9-20(10-12-21)23-17-28(36-24-8-6-5-7-22(23)24)13-15-32(16-14-28)26(35)37-27(2,3)4;1-19(34)18-33-30-25(29-31-33)21-11-9-20(10-12-21)23-17-28(36-24-8-6-5-7-22(23)24)13-15-32(16-14-28)26(35)37-27(2,3)4;1-24(2,3)33-23(31)30-14-12-25(13-15-30)16-20(19-6-4-5-7-21(19)32-25)17-8-10-18(11-9-17)22-26-28-29-27-22/h2*5-12,17H,13-16,18H2,1-4H3;4-11,16H,12-15H2,1-3H3,(H,26,27,28,29). The molecule has 9 heterocycles. The molecule has 9 aromatic rings. The van der Waals surface area contributed by atoms with Crippen molar-refractivity contribution in [2.75, 3.05) is 39.3 Å². The number of nitrogens with zero attached hydrogens (tertiary/aromatic N) is 14. The molecule has 3 aromatic heterocycles. The first-order valence-corrected chi connectivity index (χ1v) is 36.1. The summed E-state index contributed by atoms with van der Waals surface area (Å²) in [5, 5.41) is 38.3. The molecule has 0 saturated carbocycles. The van der Waals surface area contributed by atoms with E-state index in [0.29, 0.717) is 95.3 Å². The summed E-state index contributed by atoms with van der Waals surface area (Å²) in [6, 6.07) is 48.3. The number of aromatic nitrogens is 12. The first kappa shape index (κ1) is 73.6. The summed E-state index contributed by atoms with van der Waals surface area (Å²) in [5.74, 6) is 4.07. The van der Waals surface area contributed by atoms with Crippen molar-refractivity contribution in [2.45, 2.75) is 161 Å². The van der Waals surface area contributed by atoms with Crippen LogP contribution in [-0.4, -0.2) is 178 Å². The Balaban J connectivity index is 0.000000142. The monoisotopic (exact) mass is 1450 g/mol. The molecule has 3 amide bonds. The first-order valence-electron chi connectivity index (χ1n) is 36.1. The summed E-state index contributed by atoms with van der Waals surface area (Å²) in [6.07, 6.45) is 9.88. The molecule has 6 aliphatic rings. The van der Waals surface area contributed by atoms with Crippen molar-refractivity contribution < 1.29 is 52.4 Å². The maximum Gasteiger partial charge on any atom is 0.410 e. The van der Waals surface area contributed by atoms with Crippen LogP contribution >= 0.6 is 0 Å². The van der Waals surface area contributed by atoms with Crippen molar-refractivity contribution in [1.29, 1.82) is 0 Å². The zero-order valence-electron chi connectivity index (χ0n) is 62.2. The van der Waals surface area contributed by atoms with E-state index in [1.807, 2.05) is 178 Å². The zero-order chi connectivity index (χ0) is 75.5. The van der Waals surface area contributed by atoms with Crippen molar-refractivity contribution in [2.24, 2.45) is 0 Å². The molecule has 3 fully saturated rings. The van der Waals surface area contributed by atoms with Gasteiger partial charge in [0.15, 0.2) is 17.4 Å². The Hall–Kier alpha value is -11.7. The quantitative estimate of drug-likeness (QED) is 0.124. The lowest BCUT2D eigenvalue weighted by atomic mass is 9.83. The van der Waals surface area contributed by atoms with Crippen LogP contribution in [-0.2, 0) is 36.9 Å². The normalized spacial score (nSPS) is 16.7. The minimum absolute atomic E-state index is 0.0165. The average Bonchev–Trinajstić information content (AvgIpc) is 1.76. The van der Waals surface area contributed by atoms with Crippen LogP contribution in [0.15, 0.2) is 164 Å². The number of ether oxygens (including phenoxy) is 6. The molecule has 6 aromatic carbocycles. The highest BCUT2D eigenvalue weighted by Crippen LogP contribution is 2.47. The first-order chi connectivity index (χ1) is 51.0. The highest BCUT2D eigenvalue weighted by molar-refractivity contribution is 5.88. The van der Waals surface area contributed by atoms with Gasteiger partial charge in [-0.2, -0.15) is 10.0 Å². The number of carbonyl (C=O) groups is 5. The lowest BCUT2D eigenvalue weighted by Gasteiger charge is -2.43. The Morgan fingerprint density at radius 3 is 1.11 bits per heavy atom. The fraction of sp³-hybridized carbons (Fsp3) is 0.383. The predicted octanol–water partition coefficient (Wildman–Crippen LogP) is 13.5. The van der Waals surface area contributed by atoms with Gasteiger partial charge in [0, 0.05) is 111 Å². The second kappa shape index (κ2) is 30.0. The number of nitrogens with one attached hydrogen (secondary N) is 1. The number of tetrazole rings is 3. The molecule has 15 rings (SSSR count). The molecule has 3 saturated heterocycles. The number of fused-ring (bicyclic) bond motifs is 3. The van der Waals surface area contributed by atoms with E-state index < -0.39 is 33.6 Å². The van der Waals surface area contributed by atoms with E-state index >= 15 is 0 Å². The second-order valence-corrected chi connectivity index (χ2v) is 30.7. The molecular formula is C81H89N15O11. The second-order valence-electron chi connectivity index (χ2n) is 30.7.